The smallest absolute Gasteiger partial charge is 0.151 e. The zero-order chi connectivity index (χ0) is 16.1. The van der Waals surface area contributed by atoms with E-state index in [2.05, 4.69) is 27.0 Å². The zero-order valence-corrected chi connectivity index (χ0v) is 13.5. The quantitative estimate of drug-likeness (QED) is 0.916. The normalized spacial score (nSPS) is 19.8. The fourth-order valence-corrected chi connectivity index (χ4v) is 3.19. The number of hydrogen-bond donors (Lipinski definition) is 1. The minimum absolute atomic E-state index is 0.420. The van der Waals surface area contributed by atoms with E-state index in [4.69, 9.17) is 0 Å². The fourth-order valence-electron chi connectivity index (χ4n) is 3.19. The maximum Gasteiger partial charge on any atom is 0.151 e. The molecule has 1 saturated heterocycles. The Morgan fingerprint density at radius 3 is 2.83 bits per heavy atom. The summed E-state index contributed by atoms with van der Waals surface area (Å²) in [5.41, 5.74) is 0.973. The largest absolute Gasteiger partial charge is 0.387 e. The average Bonchev–Trinajstić information content (AvgIpc) is 2.63. The summed E-state index contributed by atoms with van der Waals surface area (Å²) in [6.07, 6.45) is 3.53. The number of nitrogens with zero attached hydrogens (tertiary/aromatic N) is 4. The summed E-state index contributed by atoms with van der Waals surface area (Å²) in [6, 6.07) is 14.2. The maximum atomic E-state index is 10.4. The lowest BCUT2D eigenvalue weighted by Crippen LogP contribution is -2.47. The first-order valence-electron chi connectivity index (χ1n) is 8.20. The van der Waals surface area contributed by atoms with Gasteiger partial charge in [0.05, 0.1) is 6.10 Å². The highest BCUT2D eigenvalue weighted by atomic mass is 16.3. The van der Waals surface area contributed by atoms with Gasteiger partial charge in [-0.05, 0) is 37.6 Å². The van der Waals surface area contributed by atoms with E-state index in [-0.39, 0.29) is 0 Å². The molecule has 0 unspecified atom stereocenters. The van der Waals surface area contributed by atoms with E-state index < -0.39 is 6.10 Å². The fraction of sp³-hybridized carbons (Fsp3) is 0.444. The molecule has 1 aromatic carbocycles. The zero-order valence-electron chi connectivity index (χ0n) is 13.5. The van der Waals surface area contributed by atoms with Crippen molar-refractivity contribution in [3.63, 3.8) is 0 Å². The van der Waals surface area contributed by atoms with Crippen molar-refractivity contribution in [3.05, 3.63) is 54.2 Å². The number of hydrogen-bond acceptors (Lipinski definition) is 5. The Morgan fingerprint density at radius 1 is 1.26 bits per heavy atom. The third kappa shape index (κ3) is 4.06. The summed E-state index contributed by atoms with van der Waals surface area (Å²) in [6.45, 7) is 2.59. The number of likely N-dealkylation sites (N-methyl/N-ethyl adjacent to an activating group) is 1. The summed E-state index contributed by atoms with van der Waals surface area (Å²) >= 11 is 0. The van der Waals surface area contributed by atoms with Crippen LogP contribution in [0.2, 0.25) is 0 Å². The molecular weight excluding hydrogens is 288 g/mol. The van der Waals surface area contributed by atoms with Gasteiger partial charge in [-0.1, -0.05) is 30.3 Å². The molecular formula is C18H24N4O. The molecule has 2 heterocycles. The van der Waals surface area contributed by atoms with Crippen LogP contribution in [-0.2, 0) is 0 Å². The molecule has 0 radical (unpaired) electrons. The lowest BCUT2D eigenvalue weighted by molar-refractivity contribution is 0.0986. The second-order valence-electron chi connectivity index (χ2n) is 6.19. The van der Waals surface area contributed by atoms with Crippen LogP contribution in [0, 0.1) is 0 Å². The van der Waals surface area contributed by atoms with Crippen molar-refractivity contribution in [1.82, 2.24) is 15.1 Å². The molecule has 2 atom stereocenters. The Labute approximate surface area is 137 Å². The second kappa shape index (κ2) is 7.53. The first-order valence-corrected chi connectivity index (χ1v) is 8.20. The maximum absolute atomic E-state index is 10.4. The van der Waals surface area contributed by atoms with Crippen molar-refractivity contribution >= 4 is 5.82 Å². The van der Waals surface area contributed by atoms with Gasteiger partial charge in [-0.3, -0.25) is 4.90 Å². The minimum atomic E-state index is -0.451. The van der Waals surface area contributed by atoms with Crippen molar-refractivity contribution < 1.29 is 5.11 Å². The highest BCUT2D eigenvalue weighted by Crippen LogP contribution is 2.21. The average molecular weight is 312 g/mol. The van der Waals surface area contributed by atoms with E-state index in [0.29, 0.717) is 12.6 Å². The van der Waals surface area contributed by atoms with E-state index in [1.165, 1.54) is 0 Å². The molecule has 1 aliphatic heterocycles. The molecule has 0 saturated carbocycles. The van der Waals surface area contributed by atoms with Crippen LogP contribution in [0.3, 0.4) is 0 Å². The molecule has 3 rings (SSSR count). The molecule has 2 aromatic rings. The van der Waals surface area contributed by atoms with E-state index in [9.17, 15) is 5.11 Å². The van der Waals surface area contributed by atoms with Gasteiger partial charge in [0.15, 0.2) is 5.82 Å². The second-order valence-corrected chi connectivity index (χ2v) is 6.19. The van der Waals surface area contributed by atoms with Gasteiger partial charge in [0.1, 0.15) is 0 Å². The number of piperidine rings is 1. The number of benzene rings is 1. The van der Waals surface area contributed by atoms with E-state index in [1.54, 1.807) is 6.20 Å². The lowest BCUT2D eigenvalue weighted by Gasteiger charge is -2.38. The van der Waals surface area contributed by atoms with Gasteiger partial charge in [-0.25, -0.2) is 0 Å². The summed E-state index contributed by atoms with van der Waals surface area (Å²) < 4.78 is 0. The molecule has 0 spiro atoms. The van der Waals surface area contributed by atoms with E-state index >= 15 is 0 Å². The van der Waals surface area contributed by atoms with Crippen LogP contribution in [0.1, 0.15) is 24.5 Å². The molecule has 1 aromatic heterocycles. The Morgan fingerprint density at radius 2 is 2.09 bits per heavy atom. The number of aromatic nitrogens is 2. The van der Waals surface area contributed by atoms with Crippen LogP contribution in [0.4, 0.5) is 5.82 Å². The Hall–Kier alpha value is -1.98. The van der Waals surface area contributed by atoms with Gasteiger partial charge >= 0.3 is 0 Å². The predicted molar refractivity (Wildman–Crippen MR) is 91.3 cm³/mol. The Kier molecular flexibility index (Phi) is 5.20. The molecule has 1 fully saturated rings. The summed E-state index contributed by atoms with van der Waals surface area (Å²) in [7, 11) is 2.09. The lowest BCUT2D eigenvalue weighted by atomic mass is 10.0. The first kappa shape index (κ1) is 15.9. The van der Waals surface area contributed by atoms with Gasteiger partial charge < -0.3 is 10.0 Å². The SMILES string of the molecule is CN(C[C@H](O)c1ccccc1)[C@H]1CCCN(c2cccnn2)C1. The number of rotatable bonds is 5. The highest BCUT2D eigenvalue weighted by molar-refractivity contribution is 5.37. The van der Waals surface area contributed by atoms with Crippen LogP contribution in [0.5, 0.6) is 0 Å². The van der Waals surface area contributed by atoms with Gasteiger partial charge in [0.25, 0.3) is 0 Å². The molecule has 5 heteroatoms. The monoisotopic (exact) mass is 312 g/mol. The molecule has 1 aliphatic rings. The predicted octanol–water partition coefficient (Wildman–Crippen LogP) is 2.11. The van der Waals surface area contributed by atoms with Crippen LogP contribution in [0.15, 0.2) is 48.7 Å². The Balaban J connectivity index is 1.60. The van der Waals surface area contributed by atoms with Crippen molar-refractivity contribution in [2.75, 3.05) is 31.6 Å². The summed E-state index contributed by atoms with van der Waals surface area (Å²) in [5.74, 6) is 0.939. The Bertz CT molecular complexity index is 592. The van der Waals surface area contributed by atoms with Gasteiger partial charge in [-0.15, -0.1) is 5.10 Å². The van der Waals surface area contributed by atoms with Crippen molar-refractivity contribution in [1.29, 1.82) is 0 Å². The molecule has 0 aliphatic carbocycles. The first-order chi connectivity index (χ1) is 11.2. The third-order valence-corrected chi connectivity index (χ3v) is 4.55. The van der Waals surface area contributed by atoms with Crippen LogP contribution in [0.25, 0.3) is 0 Å². The molecule has 122 valence electrons. The number of aliphatic hydroxyl groups excluding tert-OH is 1. The van der Waals surface area contributed by atoms with E-state index in [1.807, 2.05) is 42.5 Å². The molecule has 0 bridgehead atoms. The van der Waals surface area contributed by atoms with Crippen LogP contribution < -0.4 is 4.90 Å². The van der Waals surface area contributed by atoms with Crippen molar-refractivity contribution in [2.24, 2.45) is 0 Å². The van der Waals surface area contributed by atoms with E-state index in [0.717, 1.165) is 37.3 Å². The van der Waals surface area contributed by atoms with Crippen LogP contribution in [-0.4, -0.2) is 52.9 Å². The standard InChI is InChI=1S/C18H24N4O/c1-21(14-17(23)15-7-3-2-4-8-15)16-9-6-12-22(13-16)18-10-5-11-19-20-18/h2-5,7-8,10-11,16-17,23H,6,9,12-14H2,1H3/t16-,17-/m0/s1. The summed E-state index contributed by atoms with van der Waals surface area (Å²) in [4.78, 5) is 4.55. The van der Waals surface area contributed by atoms with Gasteiger partial charge in [0.2, 0.25) is 0 Å². The van der Waals surface area contributed by atoms with Crippen molar-refractivity contribution in [3.8, 4) is 0 Å². The molecule has 23 heavy (non-hydrogen) atoms. The van der Waals surface area contributed by atoms with Crippen LogP contribution >= 0.6 is 0 Å². The molecule has 1 N–H and O–H groups in total. The highest BCUT2D eigenvalue weighted by Gasteiger charge is 2.25. The van der Waals surface area contributed by atoms with Crippen molar-refractivity contribution in [2.45, 2.75) is 25.0 Å². The number of anilines is 1. The minimum Gasteiger partial charge on any atom is -0.387 e. The molecule has 5 nitrogen and oxygen atoms in total. The number of aliphatic hydroxyl groups is 1. The van der Waals surface area contributed by atoms with Gasteiger partial charge in [-0.2, -0.15) is 5.10 Å². The molecule has 0 amide bonds. The summed E-state index contributed by atoms with van der Waals surface area (Å²) in [5, 5.41) is 18.6. The topological polar surface area (TPSA) is 52.5 Å². The van der Waals surface area contributed by atoms with Gasteiger partial charge in [0, 0.05) is 31.9 Å². The third-order valence-electron chi connectivity index (χ3n) is 4.55.